The zero-order valence-corrected chi connectivity index (χ0v) is 16.7. The summed E-state index contributed by atoms with van der Waals surface area (Å²) in [6.07, 6.45) is 2.47. The van der Waals surface area contributed by atoms with E-state index in [-0.39, 0.29) is 17.5 Å². The minimum atomic E-state index is -0.540. The van der Waals surface area contributed by atoms with Crippen molar-refractivity contribution in [1.29, 1.82) is 0 Å². The van der Waals surface area contributed by atoms with Crippen molar-refractivity contribution in [2.45, 2.75) is 19.4 Å². The fraction of sp³-hybridized carbons (Fsp3) is 0.174. The first-order valence-electron chi connectivity index (χ1n) is 9.67. The van der Waals surface area contributed by atoms with Crippen LogP contribution in [0.3, 0.4) is 0 Å². The summed E-state index contributed by atoms with van der Waals surface area (Å²) < 4.78 is 20.8. The molecule has 152 valence electrons. The van der Waals surface area contributed by atoms with Crippen LogP contribution in [0.25, 0.3) is 11.0 Å². The SMILES string of the molecule is CCC(Nc1ncc2cc(Oc3ccccc3F)c(=O)n(C)c2n1)c1ccccc1. The Balaban J connectivity index is 1.68. The van der Waals surface area contributed by atoms with Gasteiger partial charge >= 0.3 is 0 Å². The Kier molecular flexibility index (Phi) is 5.43. The molecule has 7 heteroatoms. The van der Waals surface area contributed by atoms with Crippen LogP contribution in [0.15, 0.2) is 71.7 Å². The van der Waals surface area contributed by atoms with Gasteiger partial charge in [0, 0.05) is 18.6 Å². The number of halogens is 1. The minimum absolute atomic E-state index is 0.00938. The van der Waals surface area contributed by atoms with E-state index in [0.29, 0.717) is 17.0 Å². The van der Waals surface area contributed by atoms with Crippen LogP contribution in [0, 0.1) is 5.82 Å². The number of hydrogen-bond acceptors (Lipinski definition) is 5. The predicted octanol–water partition coefficient (Wildman–Crippen LogP) is 4.82. The third kappa shape index (κ3) is 3.87. The van der Waals surface area contributed by atoms with Crippen LogP contribution in [0.1, 0.15) is 24.9 Å². The van der Waals surface area contributed by atoms with Crippen LogP contribution in [-0.2, 0) is 7.05 Å². The largest absolute Gasteiger partial charge is 0.448 e. The fourth-order valence-corrected chi connectivity index (χ4v) is 3.27. The zero-order valence-electron chi connectivity index (χ0n) is 16.7. The summed E-state index contributed by atoms with van der Waals surface area (Å²) in [5.74, 6) is -0.116. The molecule has 1 N–H and O–H groups in total. The molecule has 0 aliphatic carbocycles. The second kappa shape index (κ2) is 8.32. The number of fused-ring (bicyclic) bond motifs is 1. The third-order valence-corrected chi connectivity index (χ3v) is 4.89. The standard InChI is InChI=1S/C23H21FN4O2/c1-3-18(15-9-5-4-6-10-15)26-23-25-14-16-13-20(22(29)28(2)21(16)27-23)30-19-12-8-7-11-17(19)24/h4-14,18H,3H2,1-2H3,(H,25,26,27). The number of ether oxygens (including phenoxy) is 1. The molecule has 0 spiro atoms. The lowest BCUT2D eigenvalue weighted by Crippen LogP contribution is -2.20. The first-order valence-corrected chi connectivity index (χ1v) is 9.67. The van der Waals surface area contributed by atoms with E-state index in [1.165, 1.54) is 22.8 Å². The Morgan fingerprint density at radius 3 is 2.57 bits per heavy atom. The second-order valence-electron chi connectivity index (χ2n) is 6.89. The minimum Gasteiger partial charge on any atom is -0.448 e. The van der Waals surface area contributed by atoms with Gasteiger partial charge < -0.3 is 10.1 Å². The molecule has 4 aromatic rings. The quantitative estimate of drug-likeness (QED) is 0.499. The van der Waals surface area contributed by atoms with Crippen LogP contribution >= 0.6 is 0 Å². The molecule has 0 aliphatic heterocycles. The number of hydrogen-bond donors (Lipinski definition) is 1. The summed E-state index contributed by atoms with van der Waals surface area (Å²) in [5.41, 5.74) is 1.18. The highest BCUT2D eigenvalue weighted by molar-refractivity contribution is 5.76. The maximum absolute atomic E-state index is 13.9. The molecule has 2 heterocycles. The number of aromatic nitrogens is 3. The van der Waals surface area contributed by atoms with Crippen LogP contribution in [0.2, 0.25) is 0 Å². The number of para-hydroxylation sites is 1. The molecule has 0 saturated carbocycles. The van der Waals surface area contributed by atoms with Crippen molar-refractivity contribution < 1.29 is 9.13 Å². The summed E-state index contributed by atoms with van der Waals surface area (Å²) in [6, 6.07) is 17.6. The maximum atomic E-state index is 13.9. The summed E-state index contributed by atoms with van der Waals surface area (Å²) in [5, 5.41) is 3.94. The molecule has 0 aliphatic rings. The number of nitrogens with one attached hydrogen (secondary N) is 1. The molecule has 1 unspecified atom stereocenters. The summed E-state index contributed by atoms with van der Waals surface area (Å²) in [4.78, 5) is 21.7. The van der Waals surface area contributed by atoms with Crippen LogP contribution in [-0.4, -0.2) is 14.5 Å². The molecule has 0 fully saturated rings. The van der Waals surface area contributed by atoms with E-state index in [9.17, 15) is 9.18 Å². The van der Waals surface area contributed by atoms with Crippen molar-refractivity contribution in [3.05, 3.63) is 88.6 Å². The zero-order chi connectivity index (χ0) is 21.1. The Bertz CT molecular complexity index is 1240. The van der Waals surface area contributed by atoms with Crippen molar-refractivity contribution in [3.8, 4) is 11.5 Å². The van der Waals surface area contributed by atoms with Gasteiger partial charge in [0.1, 0.15) is 5.65 Å². The van der Waals surface area contributed by atoms with Crippen LogP contribution in [0.4, 0.5) is 10.3 Å². The van der Waals surface area contributed by atoms with Gasteiger partial charge in [0.15, 0.2) is 17.3 Å². The summed E-state index contributed by atoms with van der Waals surface area (Å²) >= 11 is 0. The highest BCUT2D eigenvalue weighted by Gasteiger charge is 2.15. The Hall–Kier alpha value is -3.74. The molecular formula is C23H21FN4O2. The molecule has 2 aromatic heterocycles. The average Bonchev–Trinajstić information content (AvgIpc) is 2.78. The van der Waals surface area contributed by atoms with Crippen molar-refractivity contribution in [2.75, 3.05) is 5.32 Å². The molecule has 1 atom stereocenters. The number of nitrogens with zero attached hydrogens (tertiary/aromatic N) is 3. The van der Waals surface area contributed by atoms with E-state index >= 15 is 0 Å². The average molecular weight is 404 g/mol. The van der Waals surface area contributed by atoms with Gasteiger partial charge in [-0.1, -0.05) is 49.4 Å². The van der Waals surface area contributed by atoms with Gasteiger partial charge in [0.2, 0.25) is 5.95 Å². The van der Waals surface area contributed by atoms with E-state index < -0.39 is 11.4 Å². The molecule has 4 rings (SSSR count). The molecule has 0 radical (unpaired) electrons. The van der Waals surface area contributed by atoms with Gasteiger partial charge in [-0.2, -0.15) is 4.98 Å². The van der Waals surface area contributed by atoms with E-state index in [1.807, 2.05) is 30.3 Å². The number of aryl methyl sites for hydroxylation is 1. The van der Waals surface area contributed by atoms with Crippen molar-refractivity contribution >= 4 is 17.0 Å². The highest BCUT2D eigenvalue weighted by atomic mass is 19.1. The molecule has 0 amide bonds. The Morgan fingerprint density at radius 2 is 1.83 bits per heavy atom. The highest BCUT2D eigenvalue weighted by Crippen LogP contribution is 2.25. The maximum Gasteiger partial charge on any atom is 0.294 e. The Labute approximate surface area is 173 Å². The lowest BCUT2D eigenvalue weighted by molar-refractivity contribution is 0.434. The number of benzene rings is 2. The van der Waals surface area contributed by atoms with E-state index in [4.69, 9.17) is 4.74 Å². The van der Waals surface area contributed by atoms with E-state index in [0.717, 1.165) is 12.0 Å². The number of pyridine rings is 1. The van der Waals surface area contributed by atoms with Gasteiger partial charge in [0.05, 0.1) is 6.04 Å². The third-order valence-electron chi connectivity index (χ3n) is 4.89. The normalized spacial score (nSPS) is 12.0. The smallest absolute Gasteiger partial charge is 0.294 e. The topological polar surface area (TPSA) is 69.0 Å². The van der Waals surface area contributed by atoms with Crippen LogP contribution in [0.5, 0.6) is 11.5 Å². The number of anilines is 1. The van der Waals surface area contributed by atoms with Crippen LogP contribution < -0.4 is 15.6 Å². The monoisotopic (exact) mass is 404 g/mol. The van der Waals surface area contributed by atoms with Gasteiger partial charge in [-0.25, -0.2) is 9.37 Å². The number of rotatable bonds is 6. The molecule has 0 saturated heterocycles. The second-order valence-corrected chi connectivity index (χ2v) is 6.89. The first-order chi connectivity index (χ1) is 14.6. The molecule has 2 aromatic carbocycles. The summed E-state index contributed by atoms with van der Waals surface area (Å²) in [7, 11) is 1.60. The molecule has 0 bridgehead atoms. The Morgan fingerprint density at radius 1 is 1.10 bits per heavy atom. The lowest BCUT2D eigenvalue weighted by atomic mass is 10.1. The van der Waals surface area contributed by atoms with Gasteiger partial charge in [-0.15, -0.1) is 0 Å². The lowest BCUT2D eigenvalue weighted by Gasteiger charge is -2.18. The fourth-order valence-electron chi connectivity index (χ4n) is 3.27. The summed E-state index contributed by atoms with van der Waals surface area (Å²) in [6.45, 7) is 2.08. The van der Waals surface area contributed by atoms with E-state index in [1.54, 1.807) is 25.4 Å². The van der Waals surface area contributed by atoms with Gasteiger partial charge in [0.25, 0.3) is 5.56 Å². The van der Waals surface area contributed by atoms with Crippen molar-refractivity contribution in [1.82, 2.24) is 14.5 Å². The van der Waals surface area contributed by atoms with Crippen molar-refractivity contribution in [2.24, 2.45) is 7.05 Å². The predicted molar refractivity (Wildman–Crippen MR) is 114 cm³/mol. The molecule has 6 nitrogen and oxygen atoms in total. The van der Waals surface area contributed by atoms with Gasteiger partial charge in [-0.3, -0.25) is 9.36 Å². The van der Waals surface area contributed by atoms with Gasteiger partial charge in [-0.05, 0) is 30.2 Å². The molecular weight excluding hydrogens is 383 g/mol. The molecule has 30 heavy (non-hydrogen) atoms. The first kappa shape index (κ1) is 19.6. The van der Waals surface area contributed by atoms with Crippen molar-refractivity contribution in [3.63, 3.8) is 0 Å². The van der Waals surface area contributed by atoms with E-state index in [2.05, 4.69) is 22.2 Å².